The van der Waals surface area contributed by atoms with Crippen LogP contribution in [0.25, 0.3) is 15.3 Å². The van der Waals surface area contributed by atoms with E-state index in [1.54, 1.807) is 25.1 Å². The first-order chi connectivity index (χ1) is 16.0. The van der Waals surface area contributed by atoms with Gasteiger partial charge in [-0.1, -0.05) is 53.3 Å². The summed E-state index contributed by atoms with van der Waals surface area (Å²) in [7, 11) is 0. The minimum absolute atomic E-state index is 0.208. The molecule has 5 aromatic rings. The Labute approximate surface area is 198 Å². The van der Waals surface area contributed by atoms with Gasteiger partial charge in [0.25, 0.3) is 5.56 Å². The van der Waals surface area contributed by atoms with Crippen LogP contribution in [0.5, 0.6) is 11.5 Å². The lowest BCUT2D eigenvalue weighted by molar-refractivity contribution is 0.484. The van der Waals surface area contributed by atoms with Crippen LogP contribution in [-0.4, -0.2) is 20.5 Å². The lowest BCUT2D eigenvalue weighted by Crippen LogP contribution is -2.19. The fraction of sp³-hybridized carbons (Fsp3) is 0.0800. The van der Waals surface area contributed by atoms with E-state index in [0.717, 1.165) is 10.2 Å². The predicted molar refractivity (Wildman–Crippen MR) is 134 cm³/mol. The minimum Gasteiger partial charge on any atom is -0.455 e. The van der Waals surface area contributed by atoms with Gasteiger partial charge in [-0.05, 0) is 56.3 Å². The number of ether oxygens (including phenoxy) is 1. The van der Waals surface area contributed by atoms with Crippen LogP contribution in [0.4, 0.5) is 5.69 Å². The third-order valence-electron chi connectivity index (χ3n) is 5.09. The van der Waals surface area contributed by atoms with E-state index in [9.17, 15) is 4.79 Å². The van der Waals surface area contributed by atoms with Crippen molar-refractivity contribution in [2.75, 3.05) is 0 Å². The molecule has 0 fully saturated rings. The molecule has 164 valence electrons. The van der Waals surface area contributed by atoms with Gasteiger partial charge in [0, 0.05) is 10.7 Å². The van der Waals surface area contributed by atoms with Crippen molar-refractivity contribution in [1.29, 1.82) is 0 Å². The quantitative estimate of drug-likeness (QED) is 0.289. The van der Waals surface area contributed by atoms with Crippen LogP contribution < -0.4 is 10.3 Å². The van der Waals surface area contributed by atoms with E-state index < -0.39 is 0 Å². The second-order valence-electron chi connectivity index (χ2n) is 7.44. The highest BCUT2D eigenvalue weighted by Crippen LogP contribution is 2.34. The second-order valence-corrected chi connectivity index (χ2v) is 8.89. The molecule has 0 saturated carbocycles. The zero-order chi connectivity index (χ0) is 22.9. The van der Waals surface area contributed by atoms with E-state index >= 15 is 0 Å². The van der Waals surface area contributed by atoms with Gasteiger partial charge in [0.15, 0.2) is 5.75 Å². The smallest absolute Gasteiger partial charge is 0.282 e. The fourth-order valence-corrected chi connectivity index (χ4v) is 4.67. The van der Waals surface area contributed by atoms with Crippen molar-refractivity contribution in [3.63, 3.8) is 0 Å². The summed E-state index contributed by atoms with van der Waals surface area (Å²) >= 11 is 7.68. The summed E-state index contributed by atoms with van der Waals surface area (Å²) in [5.41, 5.74) is 2.92. The highest BCUT2D eigenvalue weighted by molar-refractivity contribution is 7.20. The van der Waals surface area contributed by atoms with Crippen LogP contribution in [0.1, 0.15) is 18.2 Å². The third-order valence-corrected chi connectivity index (χ3v) is 6.34. The lowest BCUT2D eigenvalue weighted by atomic mass is 10.1. The minimum atomic E-state index is -0.208. The summed E-state index contributed by atoms with van der Waals surface area (Å²) in [5.74, 6) is 1.23. The first-order valence-electron chi connectivity index (χ1n) is 10.3. The number of hydrogen-bond acceptors (Lipinski definition) is 5. The van der Waals surface area contributed by atoms with Crippen LogP contribution in [0.3, 0.4) is 0 Å². The van der Waals surface area contributed by atoms with Crippen molar-refractivity contribution in [3.05, 3.63) is 99.4 Å². The monoisotopic (exact) mass is 474 g/mol. The van der Waals surface area contributed by atoms with Crippen LogP contribution in [0.15, 0.2) is 82.6 Å². The number of aliphatic imine (C=N–C) groups is 1. The molecule has 1 N–H and O–H groups in total. The normalized spacial score (nSPS) is 11.8. The number of hydrogen-bond donors (Lipinski definition) is 1. The van der Waals surface area contributed by atoms with Crippen molar-refractivity contribution >= 4 is 44.6 Å². The molecule has 2 aromatic heterocycles. The molecule has 0 saturated heterocycles. The Bertz CT molecular complexity index is 1520. The van der Waals surface area contributed by atoms with Gasteiger partial charge in [-0.15, -0.1) is 0 Å². The molecule has 0 aliphatic rings. The first-order valence-corrected chi connectivity index (χ1v) is 11.4. The topological polar surface area (TPSA) is 72.3 Å². The van der Waals surface area contributed by atoms with Crippen molar-refractivity contribution in [1.82, 2.24) is 14.8 Å². The molecule has 0 radical (unpaired) electrons. The van der Waals surface area contributed by atoms with Crippen molar-refractivity contribution in [3.8, 4) is 16.6 Å². The van der Waals surface area contributed by atoms with Gasteiger partial charge in [-0.3, -0.25) is 9.89 Å². The van der Waals surface area contributed by atoms with E-state index in [2.05, 4.69) is 10.1 Å². The van der Waals surface area contributed by atoms with Gasteiger partial charge in [-0.25, -0.2) is 9.98 Å². The maximum Gasteiger partial charge on any atom is 0.282 e. The summed E-state index contributed by atoms with van der Waals surface area (Å²) in [6, 6.07) is 22.5. The fourth-order valence-electron chi connectivity index (χ4n) is 3.58. The molecular weight excluding hydrogens is 456 g/mol. The molecule has 0 unspecified atom stereocenters. The van der Waals surface area contributed by atoms with Gasteiger partial charge in [0.2, 0.25) is 5.13 Å². The number of H-pyrrole nitrogens is 1. The van der Waals surface area contributed by atoms with E-state index in [4.69, 9.17) is 21.3 Å². The third kappa shape index (κ3) is 4.20. The van der Waals surface area contributed by atoms with Gasteiger partial charge in [0.05, 0.1) is 21.5 Å². The molecule has 2 heterocycles. The highest BCUT2D eigenvalue weighted by atomic mass is 35.5. The number of aryl methyl sites for hydroxylation is 1. The number of aromatic nitrogens is 3. The number of thiazole rings is 1. The molecule has 6 nitrogen and oxygen atoms in total. The number of rotatable bonds is 5. The maximum absolute atomic E-state index is 13.3. The molecule has 3 aromatic carbocycles. The average molecular weight is 475 g/mol. The zero-order valence-corrected chi connectivity index (χ0v) is 19.4. The SMILES string of the molecule is CC(=Nc1cc(Cl)ccc1Oc1ccccc1)c1c(C)[nH]n(-c2nc3ccccc3s2)c1=O. The summed E-state index contributed by atoms with van der Waals surface area (Å²) in [5, 5.41) is 4.25. The molecule has 8 heteroatoms. The Kier molecular flexibility index (Phi) is 5.58. The molecule has 5 rings (SSSR count). The predicted octanol–water partition coefficient (Wildman–Crippen LogP) is 6.67. The lowest BCUT2D eigenvalue weighted by Gasteiger charge is -2.09. The summed E-state index contributed by atoms with van der Waals surface area (Å²) in [6.45, 7) is 3.65. The Morgan fingerprint density at radius 1 is 1.09 bits per heavy atom. The molecule has 0 aliphatic carbocycles. The van der Waals surface area contributed by atoms with Gasteiger partial charge >= 0.3 is 0 Å². The average Bonchev–Trinajstić information content (AvgIpc) is 3.36. The molecule has 0 spiro atoms. The first kappa shape index (κ1) is 21.2. The van der Waals surface area contributed by atoms with E-state index in [-0.39, 0.29) is 5.56 Å². The van der Waals surface area contributed by atoms with Crippen LogP contribution in [-0.2, 0) is 0 Å². The maximum atomic E-state index is 13.3. The molecule has 0 aliphatic heterocycles. The zero-order valence-electron chi connectivity index (χ0n) is 17.9. The molecule has 0 atom stereocenters. The van der Waals surface area contributed by atoms with Crippen LogP contribution in [0.2, 0.25) is 5.02 Å². The van der Waals surface area contributed by atoms with Gasteiger partial charge in [-0.2, -0.15) is 4.68 Å². The highest BCUT2D eigenvalue weighted by Gasteiger charge is 2.18. The van der Waals surface area contributed by atoms with Crippen molar-refractivity contribution in [2.45, 2.75) is 13.8 Å². The number of nitrogens with zero attached hydrogens (tertiary/aromatic N) is 3. The van der Waals surface area contributed by atoms with E-state index in [1.165, 1.54) is 16.0 Å². The summed E-state index contributed by atoms with van der Waals surface area (Å²) < 4.78 is 8.48. The van der Waals surface area contributed by atoms with E-state index in [0.29, 0.717) is 44.3 Å². The Hall–Kier alpha value is -3.68. The van der Waals surface area contributed by atoms with Gasteiger partial charge < -0.3 is 4.74 Å². The van der Waals surface area contributed by atoms with Crippen molar-refractivity contribution in [2.24, 2.45) is 4.99 Å². The second kappa shape index (κ2) is 8.69. The largest absolute Gasteiger partial charge is 0.455 e. The Morgan fingerprint density at radius 2 is 1.85 bits per heavy atom. The number of para-hydroxylation sites is 2. The molecular formula is C25H19ClN4O2S. The number of fused-ring (bicyclic) bond motifs is 1. The molecule has 0 amide bonds. The number of nitrogens with one attached hydrogen (secondary N) is 1. The Morgan fingerprint density at radius 3 is 2.64 bits per heavy atom. The summed E-state index contributed by atoms with van der Waals surface area (Å²) in [4.78, 5) is 22.6. The van der Waals surface area contributed by atoms with Gasteiger partial charge in [0.1, 0.15) is 11.4 Å². The van der Waals surface area contributed by atoms with Crippen LogP contribution in [0, 0.1) is 6.92 Å². The van der Waals surface area contributed by atoms with Crippen molar-refractivity contribution < 1.29 is 4.74 Å². The standard InChI is InChI=1S/C25H19ClN4O2S/c1-15(27-20-14-17(26)12-13-21(20)32-18-8-4-3-5-9-18)23-16(2)29-30(24(23)31)25-28-19-10-6-7-11-22(19)33-25/h3-14,29H,1-2H3. The number of aromatic amines is 1. The Balaban J connectivity index is 1.55. The van der Waals surface area contributed by atoms with E-state index in [1.807, 2.05) is 61.5 Å². The van der Waals surface area contributed by atoms with Crippen LogP contribution >= 0.6 is 22.9 Å². The molecule has 0 bridgehead atoms. The number of benzene rings is 3. The molecule has 33 heavy (non-hydrogen) atoms. The number of halogens is 1. The summed E-state index contributed by atoms with van der Waals surface area (Å²) in [6.07, 6.45) is 0.